The number of benzene rings is 3. The summed E-state index contributed by atoms with van der Waals surface area (Å²) in [6.45, 7) is 5.11. The van der Waals surface area contributed by atoms with Gasteiger partial charge >= 0.3 is 5.97 Å². The van der Waals surface area contributed by atoms with Crippen LogP contribution in [0.5, 0.6) is 0 Å². The quantitative estimate of drug-likeness (QED) is 0.262. The number of esters is 1. The molecule has 0 bridgehead atoms. The molecule has 3 aromatic carbocycles. The predicted molar refractivity (Wildman–Crippen MR) is 135 cm³/mol. The molecule has 0 saturated carbocycles. The molecule has 1 aliphatic heterocycles. The minimum absolute atomic E-state index is 0.0435. The van der Waals surface area contributed by atoms with Crippen molar-refractivity contribution >= 4 is 33.6 Å². The van der Waals surface area contributed by atoms with Crippen LogP contribution in [0, 0.1) is 0 Å². The molecule has 1 saturated heterocycles. The summed E-state index contributed by atoms with van der Waals surface area (Å²) in [7, 11) is -3.51. The van der Waals surface area contributed by atoms with Crippen molar-refractivity contribution < 1.29 is 17.9 Å². The summed E-state index contributed by atoms with van der Waals surface area (Å²) in [5, 5.41) is 0. The number of sulfone groups is 1. The van der Waals surface area contributed by atoms with Crippen molar-refractivity contribution in [3.63, 3.8) is 0 Å². The van der Waals surface area contributed by atoms with Crippen LogP contribution < -0.4 is 4.90 Å². The zero-order valence-electron chi connectivity index (χ0n) is 18.8. The molecule has 0 N–H and O–H groups in total. The fourth-order valence-corrected chi connectivity index (χ4v) is 5.21. The van der Waals surface area contributed by atoms with Gasteiger partial charge in [-0.3, -0.25) is 0 Å². The molecule has 0 amide bonds. The first-order valence-electron chi connectivity index (χ1n) is 11.2. The van der Waals surface area contributed by atoms with Crippen molar-refractivity contribution in [2.24, 2.45) is 0 Å². The molecule has 34 heavy (non-hydrogen) atoms. The second kappa shape index (κ2) is 10.5. The van der Waals surface area contributed by atoms with Gasteiger partial charge in [0.25, 0.3) is 0 Å². The van der Waals surface area contributed by atoms with E-state index < -0.39 is 9.84 Å². The van der Waals surface area contributed by atoms with E-state index in [0.717, 1.165) is 42.7 Å². The molecular formula is C28H27NO4S. The molecule has 0 atom stereocenters. The fraction of sp³-hybridized carbons (Fsp3) is 0.179. The van der Waals surface area contributed by atoms with Crippen molar-refractivity contribution in [1.29, 1.82) is 0 Å². The Morgan fingerprint density at radius 1 is 0.824 bits per heavy atom. The molecule has 3 aromatic rings. The lowest BCUT2D eigenvalue weighted by Gasteiger charge is -2.33. The Kier molecular flexibility index (Phi) is 7.28. The minimum atomic E-state index is -3.51. The van der Waals surface area contributed by atoms with Gasteiger partial charge in [0.2, 0.25) is 9.84 Å². The van der Waals surface area contributed by atoms with Crippen LogP contribution in [0.4, 0.5) is 5.69 Å². The summed E-state index contributed by atoms with van der Waals surface area (Å²) in [5.74, 6) is -0.359. The highest BCUT2D eigenvalue weighted by molar-refractivity contribution is 7.91. The maximum absolute atomic E-state index is 12.7. The lowest BCUT2D eigenvalue weighted by atomic mass is 10.1. The third-order valence-corrected chi connectivity index (χ3v) is 7.65. The van der Waals surface area contributed by atoms with Crippen molar-refractivity contribution in [3.05, 3.63) is 103 Å². The third kappa shape index (κ3) is 5.64. The zero-order valence-corrected chi connectivity index (χ0v) is 19.7. The zero-order chi connectivity index (χ0) is 24.0. The van der Waals surface area contributed by atoms with E-state index in [4.69, 9.17) is 4.74 Å². The SMILES string of the molecule is C=CC(=O)OC1CCN(c2ccc(/C=C/c3ccc(S(=O)(=O)c4ccccc4)cc3)cc2)CC1. The first kappa shape index (κ1) is 23.5. The van der Waals surface area contributed by atoms with E-state index in [-0.39, 0.29) is 17.0 Å². The first-order valence-corrected chi connectivity index (χ1v) is 12.7. The van der Waals surface area contributed by atoms with Gasteiger partial charge in [0.1, 0.15) is 6.10 Å². The van der Waals surface area contributed by atoms with Gasteiger partial charge in [-0.1, -0.05) is 61.2 Å². The van der Waals surface area contributed by atoms with Crippen LogP contribution >= 0.6 is 0 Å². The molecule has 174 valence electrons. The van der Waals surface area contributed by atoms with Gasteiger partial charge in [0.15, 0.2) is 0 Å². The topological polar surface area (TPSA) is 63.7 Å². The van der Waals surface area contributed by atoms with Crippen LogP contribution in [0.15, 0.2) is 101 Å². The predicted octanol–water partition coefficient (Wildman–Crippen LogP) is 5.39. The van der Waals surface area contributed by atoms with Crippen LogP contribution in [0.1, 0.15) is 24.0 Å². The lowest BCUT2D eigenvalue weighted by Crippen LogP contribution is -2.37. The average molecular weight is 474 g/mol. The number of ether oxygens (including phenoxy) is 1. The summed E-state index contributed by atoms with van der Waals surface area (Å²) < 4.78 is 30.8. The number of piperidine rings is 1. The molecular weight excluding hydrogens is 446 g/mol. The molecule has 5 nitrogen and oxygen atoms in total. The number of hydrogen-bond acceptors (Lipinski definition) is 5. The van der Waals surface area contributed by atoms with E-state index in [1.54, 1.807) is 42.5 Å². The normalized spacial score (nSPS) is 14.8. The Hall–Kier alpha value is -3.64. The van der Waals surface area contributed by atoms with Gasteiger partial charge in [0.05, 0.1) is 9.79 Å². The van der Waals surface area contributed by atoms with Crippen LogP contribution in [0.25, 0.3) is 12.2 Å². The Labute approximate surface area is 200 Å². The van der Waals surface area contributed by atoms with Gasteiger partial charge in [-0.2, -0.15) is 0 Å². The molecule has 1 heterocycles. The molecule has 1 fully saturated rings. The van der Waals surface area contributed by atoms with E-state index in [2.05, 4.69) is 35.7 Å². The molecule has 6 heteroatoms. The fourth-order valence-electron chi connectivity index (χ4n) is 3.93. The van der Waals surface area contributed by atoms with Gasteiger partial charge in [-0.25, -0.2) is 13.2 Å². The van der Waals surface area contributed by atoms with Crippen LogP contribution in [0.3, 0.4) is 0 Å². The number of carbonyl (C=O) groups excluding carboxylic acids is 1. The first-order chi connectivity index (χ1) is 16.5. The Bertz CT molecular complexity index is 1260. The van der Waals surface area contributed by atoms with Gasteiger partial charge in [-0.05, 0) is 47.5 Å². The molecule has 0 unspecified atom stereocenters. The molecule has 4 rings (SSSR count). The number of carbonyl (C=O) groups is 1. The standard InChI is InChI=1S/C28H27NO4S/c1-2-28(30)33-25-18-20-29(21-19-25)24-14-10-22(11-15-24)8-9-23-12-16-27(17-13-23)34(31,32)26-6-4-3-5-7-26/h2-17,25H,1,18-21H2/b9-8+. The number of anilines is 1. The van der Waals surface area contributed by atoms with Crippen molar-refractivity contribution in [2.75, 3.05) is 18.0 Å². The summed E-state index contributed by atoms with van der Waals surface area (Å²) in [6.07, 6.45) is 6.74. The molecule has 0 aromatic heterocycles. The van der Waals surface area contributed by atoms with E-state index >= 15 is 0 Å². The minimum Gasteiger partial charge on any atom is -0.459 e. The second-order valence-electron chi connectivity index (χ2n) is 8.14. The monoisotopic (exact) mass is 473 g/mol. The van der Waals surface area contributed by atoms with E-state index in [9.17, 15) is 13.2 Å². The molecule has 0 radical (unpaired) electrons. The van der Waals surface area contributed by atoms with Crippen LogP contribution in [-0.4, -0.2) is 33.6 Å². The smallest absolute Gasteiger partial charge is 0.330 e. The molecule has 1 aliphatic rings. The van der Waals surface area contributed by atoms with Gasteiger partial charge in [0, 0.05) is 37.7 Å². The maximum atomic E-state index is 12.7. The largest absolute Gasteiger partial charge is 0.459 e. The Morgan fingerprint density at radius 3 is 1.91 bits per heavy atom. The number of hydrogen-bond donors (Lipinski definition) is 0. The van der Waals surface area contributed by atoms with E-state index in [1.165, 1.54) is 6.08 Å². The van der Waals surface area contributed by atoms with Crippen LogP contribution in [0.2, 0.25) is 0 Å². The Balaban J connectivity index is 1.36. The van der Waals surface area contributed by atoms with Crippen molar-refractivity contribution in [3.8, 4) is 0 Å². The summed E-state index contributed by atoms with van der Waals surface area (Å²) in [6, 6.07) is 23.6. The highest BCUT2D eigenvalue weighted by Crippen LogP contribution is 2.24. The third-order valence-electron chi connectivity index (χ3n) is 5.86. The maximum Gasteiger partial charge on any atom is 0.330 e. The highest BCUT2D eigenvalue weighted by Gasteiger charge is 2.21. The van der Waals surface area contributed by atoms with E-state index in [0.29, 0.717) is 4.90 Å². The van der Waals surface area contributed by atoms with Gasteiger partial charge in [-0.15, -0.1) is 0 Å². The lowest BCUT2D eigenvalue weighted by molar-refractivity contribution is -0.143. The summed E-state index contributed by atoms with van der Waals surface area (Å²) >= 11 is 0. The van der Waals surface area contributed by atoms with E-state index in [1.807, 2.05) is 24.3 Å². The number of rotatable bonds is 7. The Morgan fingerprint density at radius 2 is 1.35 bits per heavy atom. The highest BCUT2D eigenvalue weighted by atomic mass is 32.2. The number of nitrogens with zero attached hydrogens (tertiary/aromatic N) is 1. The summed E-state index contributed by atoms with van der Waals surface area (Å²) in [5.41, 5.74) is 3.12. The molecule has 0 spiro atoms. The van der Waals surface area contributed by atoms with Crippen molar-refractivity contribution in [2.45, 2.75) is 28.7 Å². The average Bonchev–Trinajstić information content (AvgIpc) is 2.89. The second-order valence-corrected chi connectivity index (χ2v) is 10.1. The van der Waals surface area contributed by atoms with Crippen molar-refractivity contribution in [1.82, 2.24) is 0 Å². The summed E-state index contributed by atoms with van der Waals surface area (Å²) in [4.78, 5) is 14.2. The van der Waals surface area contributed by atoms with Gasteiger partial charge < -0.3 is 9.64 Å². The van der Waals surface area contributed by atoms with Crippen LogP contribution in [-0.2, 0) is 19.4 Å². The molecule has 0 aliphatic carbocycles.